The van der Waals surface area contributed by atoms with Gasteiger partial charge in [0.05, 0.1) is 32.3 Å². The summed E-state index contributed by atoms with van der Waals surface area (Å²) in [6.45, 7) is 15.0. The Morgan fingerprint density at radius 1 is 1.09 bits per heavy atom. The molecule has 9 atom stereocenters. The van der Waals surface area contributed by atoms with Crippen LogP contribution in [0.15, 0.2) is 23.4 Å². The lowest BCUT2D eigenvalue weighted by molar-refractivity contribution is -0.0570. The minimum atomic E-state index is -4.04. The van der Waals surface area contributed by atoms with Gasteiger partial charge in [0.1, 0.15) is 36.8 Å². The van der Waals surface area contributed by atoms with E-state index in [0.29, 0.717) is 18.8 Å². The van der Waals surface area contributed by atoms with Crippen LogP contribution >= 0.6 is 15.0 Å². The molecule has 1 saturated heterocycles. The second kappa shape index (κ2) is 23.0. The van der Waals surface area contributed by atoms with Crippen LogP contribution in [-0.2, 0) is 47.7 Å². The average molecular weight is 1010 g/mol. The van der Waals surface area contributed by atoms with Crippen molar-refractivity contribution >= 4 is 61.0 Å². The topological polar surface area (TPSA) is 290 Å². The van der Waals surface area contributed by atoms with E-state index >= 15 is 0 Å². The number of aliphatic hydroxyl groups excluding tert-OH is 1. The monoisotopic (exact) mass is 1000 g/mol. The number of aromatic nitrogens is 7. The Bertz CT molecular complexity index is 2170. The molecule has 5 rings (SSSR count). The molecule has 2 aliphatic rings. The first-order valence-electron chi connectivity index (χ1n) is 21.8. The van der Waals surface area contributed by atoms with Crippen LogP contribution in [0.5, 0.6) is 5.88 Å². The Morgan fingerprint density at radius 3 is 2.38 bits per heavy atom. The highest BCUT2D eigenvalue weighted by Crippen LogP contribution is 2.56. The number of nitriles is 1. The number of fused-ring (bicyclic) bond motifs is 1. The molecule has 0 aromatic carbocycles. The van der Waals surface area contributed by atoms with E-state index in [1.165, 1.54) is 17.2 Å². The third-order valence-corrected chi connectivity index (χ3v) is 24.0. The van der Waals surface area contributed by atoms with Gasteiger partial charge in [-0.1, -0.05) is 74.5 Å². The van der Waals surface area contributed by atoms with Crippen molar-refractivity contribution in [3.05, 3.63) is 28.9 Å². The normalized spacial score (nSPS) is 24.1. The molecule has 4 heterocycles. The van der Waals surface area contributed by atoms with E-state index < -0.39 is 86.9 Å². The summed E-state index contributed by atoms with van der Waals surface area (Å²) in [5, 5.41) is 32.2. The number of hydrogen-bond donors (Lipinski definition) is 5. The van der Waals surface area contributed by atoms with Gasteiger partial charge >= 0.3 is 32.1 Å². The molecule has 1 aliphatic heterocycles. The lowest BCUT2D eigenvalue weighted by atomic mass is 10.1. The number of ether oxygens (including phenoxy) is 2. The smallest absolute Gasteiger partial charge is 0.474 e. The van der Waals surface area contributed by atoms with Crippen LogP contribution < -0.4 is 15.6 Å². The summed E-state index contributed by atoms with van der Waals surface area (Å²) < 4.78 is 65.2. The van der Waals surface area contributed by atoms with Crippen LogP contribution in [0.4, 0.5) is 5.95 Å². The van der Waals surface area contributed by atoms with Crippen molar-refractivity contribution < 1.29 is 55.5 Å². The van der Waals surface area contributed by atoms with Gasteiger partial charge in [0.15, 0.2) is 17.4 Å². The molecule has 22 nitrogen and oxygen atoms in total. The van der Waals surface area contributed by atoms with Crippen molar-refractivity contribution in [1.29, 1.82) is 5.26 Å². The predicted molar refractivity (Wildman–Crippen MR) is 246 cm³/mol. The zero-order chi connectivity index (χ0) is 47.9. The van der Waals surface area contributed by atoms with Crippen molar-refractivity contribution in [3.63, 3.8) is 0 Å². The highest BCUT2D eigenvalue weighted by Gasteiger charge is 2.60. The molecule has 1 unspecified atom stereocenters. The SMILES string of the molecule is CC(C)CNc1nc2c(nnn2[C@@H]2O[C@H](CO)[C@@H](O[Si](O[Si](O)(C(C)C)C(C)C)(C(C)C)C(C)C)[C@H]2O[P@@](=S)(OCCC#N)OC[C@H]2C[C@@H](Oc3ccncn3)C[C@@H]2O[P+](=O)O)c(=O)[nH]1. The fraction of sp³-hybridized carbons (Fsp3) is 0.763. The maximum atomic E-state index is 13.4. The fourth-order valence-corrected chi connectivity index (χ4v) is 20.5. The summed E-state index contributed by atoms with van der Waals surface area (Å²) in [5.74, 6) is 0.0978. The number of nitrogens with zero attached hydrogens (tertiary/aromatic N) is 7. The number of anilines is 1. The van der Waals surface area contributed by atoms with Crippen LogP contribution in [-0.4, -0.2) is 124 Å². The lowest BCUT2D eigenvalue weighted by Crippen LogP contribution is -2.62. The molecule has 1 aliphatic carbocycles. The van der Waals surface area contributed by atoms with Gasteiger partial charge in [-0.3, -0.25) is 14.3 Å². The Labute approximate surface area is 387 Å². The molecule has 362 valence electrons. The second-order valence-electron chi connectivity index (χ2n) is 17.9. The average Bonchev–Trinajstić information content (AvgIpc) is 3.93. The van der Waals surface area contributed by atoms with Gasteiger partial charge in [-0.25, -0.2) is 9.97 Å². The summed E-state index contributed by atoms with van der Waals surface area (Å²) in [5.41, 5.74) is -1.64. The first-order valence-corrected chi connectivity index (χ1v) is 29.5. The number of H-pyrrole nitrogens is 1. The number of rotatable bonds is 25. The standard InChI is InChI=1S/C38H63N9O13P2SSi2/c1-22(2)18-41-38-43-35-32(36(49)44-38)45-46-47(35)37-34(33(30(19-48)56-37)59-65(25(7)8,26(9)10)60-64(52,23(3)4)24(5)6)58-62(63,53-15-11-13-39)54-20-27-16-28(17-29(27)57-61(50)51)55-31-12-14-40-21-42-31/h12,14,21-30,33-34,37,48,52H,11,15-20H2,1-10H3,(H2-,41,43,44,46,49,50,51)/p+1/t27-,28-,29+,30-,33-,34-,37-,62-/m1/s1. The Morgan fingerprint density at radius 2 is 1.80 bits per heavy atom. The second-order valence-corrected chi connectivity index (χ2v) is 30.1. The first-order chi connectivity index (χ1) is 30.7. The molecule has 65 heavy (non-hydrogen) atoms. The van der Waals surface area contributed by atoms with Crippen LogP contribution in [0, 0.1) is 23.2 Å². The maximum Gasteiger partial charge on any atom is 0.695 e. The highest BCUT2D eigenvalue weighted by molar-refractivity contribution is 8.07. The van der Waals surface area contributed by atoms with E-state index in [2.05, 4.69) is 35.6 Å². The van der Waals surface area contributed by atoms with Gasteiger partial charge in [0.25, 0.3) is 5.56 Å². The minimum absolute atomic E-state index is 0.0169. The summed E-state index contributed by atoms with van der Waals surface area (Å²) in [6.07, 6.45) is -3.06. The first kappa shape index (κ1) is 53.2. The molecule has 0 bridgehead atoms. The van der Waals surface area contributed by atoms with Crippen molar-refractivity contribution in [2.75, 3.05) is 31.7 Å². The quantitative estimate of drug-likeness (QED) is 0.0390. The molecule has 3 aromatic rings. The molecular weight excluding hydrogens is 941 g/mol. The fourth-order valence-electron chi connectivity index (χ4n) is 7.98. The highest BCUT2D eigenvalue weighted by atomic mass is 32.5. The molecule has 5 N–H and O–H groups in total. The predicted octanol–water partition coefficient (Wildman–Crippen LogP) is 5.63. The van der Waals surface area contributed by atoms with Crippen molar-refractivity contribution in [2.45, 2.75) is 147 Å². The largest absolute Gasteiger partial charge is 0.695 e. The van der Waals surface area contributed by atoms with E-state index in [0.717, 1.165) is 0 Å². The van der Waals surface area contributed by atoms with Crippen LogP contribution in [0.3, 0.4) is 0 Å². The zero-order valence-corrected chi connectivity index (χ0v) is 43.1. The third kappa shape index (κ3) is 12.9. The van der Waals surface area contributed by atoms with E-state index in [4.69, 9.17) is 47.9 Å². The lowest BCUT2D eigenvalue weighted by Gasteiger charge is -2.47. The number of aliphatic hydroxyl groups is 1. The van der Waals surface area contributed by atoms with Crippen molar-refractivity contribution in [1.82, 2.24) is 34.9 Å². The Kier molecular flexibility index (Phi) is 18.8. The molecular formula is C38H64N9O13P2SSi2+. The number of hydrogen-bond acceptors (Lipinski definition) is 20. The molecule has 0 amide bonds. The summed E-state index contributed by atoms with van der Waals surface area (Å²) in [7, 11) is -10.2. The molecule has 0 radical (unpaired) electrons. The number of aromatic amines is 1. The molecule has 0 spiro atoms. The molecule has 27 heteroatoms. The van der Waals surface area contributed by atoms with Crippen molar-refractivity contribution in [3.8, 4) is 11.9 Å². The van der Waals surface area contributed by atoms with E-state index in [1.54, 1.807) is 6.07 Å². The third-order valence-electron chi connectivity index (χ3n) is 11.4. The zero-order valence-electron chi connectivity index (χ0n) is 38.5. The van der Waals surface area contributed by atoms with Gasteiger partial charge in [0, 0.05) is 35.7 Å². The van der Waals surface area contributed by atoms with Gasteiger partial charge in [0.2, 0.25) is 11.8 Å². The van der Waals surface area contributed by atoms with Gasteiger partial charge in [-0.05, 0) is 46.3 Å². The summed E-state index contributed by atoms with van der Waals surface area (Å²) in [6, 6.07) is 3.62. The molecule has 3 aromatic heterocycles. The Hall–Kier alpha value is -2.77. The summed E-state index contributed by atoms with van der Waals surface area (Å²) in [4.78, 5) is 50.9. The molecule has 1 saturated carbocycles. The van der Waals surface area contributed by atoms with Crippen molar-refractivity contribution in [2.24, 2.45) is 11.8 Å². The van der Waals surface area contributed by atoms with E-state index in [9.17, 15) is 29.4 Å². The maximum absolute atomic E-state index is 13.4. The summed E-state index contributed by atoms with van der Waals surface area (Å²) >= 11 is 6.14. The van der Waals surface area contributed by atoms with E-state index in [-0.39, 0.29) is 71.3 Å². The van der Waals surface area contributed by atoms with Crippen LogP contribution in [0.2, 0.25) is 22.2 Å². The van der Waals surface area contributed by atoms with Crippen LogP contribution in [0.1, 0.15) is 94.7 Å². The van der Waals surface area contributed by atoms with Gasteiger partial charge in [-0.2, -0.15) is 14.9 Å². The van der Waals surface area contributed by atoms with Gasteiger partial charge in [-0.15, -0.1) is 14.5 Å². The minimum Gasteiger partial charge on any atom is -0.474 e. The van der Waals surface area contributed by atoms with E-state index in [1.807, 2.05) is 75.3 Å². The number of nitrogens with one attached hydrogen (secondary N) is 2. The van der Waals surface area contributed by atoms with Gasteiger partial charge < -0.3 is 42.3 Å². The Balaban J connectivity index is 1.61. The molecule has 2 fully saturated rings. The van der Waals surface area contributed by atoms with Crippen LogP contribution in [0.25, 0.3) is 11.2 Å².